The third kappa shape index (κ3) is 4.68. The zero-order chi connectivity index (χ0) is 21.7. The molecule has 0 radical (unpaired) electrons. The van der Waals surface area contributed by atoms with Gasteiger partial charge in [-0.05, 0) is 38.0 Å². The molecule has 1 heterocycles. The third-order valence-electron chi connectivity index (χ3n) is 4.62. The number of fused-ring (bicyclic) bond motifs is 1. The second-order valence-electron chi connectivity index (χ2n) is 6.71. The normalized spacial score (nSPS) is 10.8. The van der Waals surface area contributed by atoms with Gasteiger partial charge in [-0.15, -0.1) is 0 Å². The van der Waals surface area contributed by atoms with Crippen molar-refractivity contribution < 1.29 is 23.8 Å². The topological polar surface area (TPSA) is 120 Å². The lowest BCUT2D eigenvalue weighted by Crippen LogP contribution is -2.10. The van der Waals surface area contributed by atoms with Crippen LogP contribution in [-0.2, 0) is 4.79 Å². The zero-order valence-corrected chi connectivity index (χ0v) is 16.7. The van der Waals surface area contributed by atoms with Crippen LogP contribution in [0.15, 0.2) is 30.6 Å². The van der Waals surface area contributed by atoms with Crippen LogP contribution in [0, 0.1) is 12.7 Å². The van der Waals surface area contributed by atoms with E-state index in [-0.39, 0.29) is 17.3 Å². The van der Waals surface area contributed by atoms with Gasteiger partial charge in [0.05, 0.1) is 24.9 Å². The van der Waals surface area contributed by atoms with E-state index in [9.17, 15) is 14.3 Å². The minimum atomic E-state index is -0.514. The second-order valence-corrected chi connectivity index (χ2v) is 6.71. The lowest BCUT2D eigenvalue weighted by Gasteiger charge is -2.15. The van der Waals surface area contributed by atoms with Crippen molar-refractivity contribution in [2.45, 2.75) is 26.2 Å². The number of anilines is 2. The Labute approximate surface area is 172 Å². The average Bonchev–Trinajstić information content (AvgIpc) is 2.73. The molecule has 8 nitrogen and oxygen atoms in total. The summed E-state index contributed by atoms with van der Waals surface area (Å²) in [4.78, 5) is 19.3. The SMILES string of the molecule is COc1cc2c(Nc3c(F)ccc(O)c3C)ncnc2cc1OCCCCC(N)=O. The predicted molar refractivity (Wildman–Crippen MR) is 111 cm³/mol. The van der Waals surface area contributed by atoms with Crippen LogP contribution >= 0.6 is 0 Å². The van der Waals surface area contributed by atoms with Crippen LogP contribution in [0.4, 0.5) is 15.9 Å². The molecular formula is C21H23FN4O4. The molecule has 0 spiro atoms. The molecule has 0 saturated carbocycles. The third-order valence-corrected chi connectivity index (χ3v) is 4.62. The lowest BCUT2D eigenvalue weighted by atomic mass is 10.1. The monoisotopic (exact) mass is 414 g/mol. The molecule has 0 bridgehead atoms. The maximum absolute atomic E-state index is 14.3. The molecule has 0 aliphatic rings. The first-order valence-corrected chi connectivity index (χ1v) is 9.39. The van der Waals surface area contributed by atoms with Gasteiger partial charge >= 0.3 is 0 Å². The Balaban J connectivity index is 1.88. The maximum Gasteiger partial charge on any atom is 0.217 e. The number of nitrogens with zero attached hydrogens (tertiary/aromatic N) is 2. The summed E-state index contributed by atoms with van der Waals surface area (Å²) >= 11 is 0. The number of phenolic OH excluding ortho intramolecular Hbond substituents is 1. The fourth-order valence-electron chi connectivity index (χ4n) is 2.96. The molecule has 0 atom stereocenters. The van der Waals surface area contributed by atoms with Gasteiger partial charge in [-0.2, -0.15) is 0 Å². The van der Waals surface area contributed by atoms with E-state index in [1.54, 1.807) is 19.1 Å². The Kier molecular flexibility index (Phi) is 6.51. The molecule has 0 saturated heterocycles. The highest BCUT2D eigenvalue weighted by Crippen LogP contribution is 2.36. The van der Waals surface area contributed by atoms with E-state index in [1.807, 2.05) is 0 Å². The van der Waals surface area contributed by atoms with Gasteiger partial charge in [-0.25, -0.2) is 14.4 Å². The molecule has 0 aliphatic carbocycles. The molecule has 0 fully saturated rings. The van der Waals surface area contributed by atoms with E-state index >= 15 is 0 Å². The van der Waals surface area contributed by atoms with Crippen LogP contribution in [-0.4, -0.2) is 34.7 Å². The van der Waals surface area contributed by atoms with Crippen LogP contribution < -0.4 is 20.5 Å². The number of halogens is 1. The van der Waals surface area contributed by atoms with E-state index in [4.69, 9.17) is 15.2 Å². The Bertz CT molecular complexity index is 1070. The van der Waals surface area contributed by atoms with Crippen LogP contribution in [0.3, 0.4) is 0 Å². The zero-order valence-electron chi connectivity index (χ0n) is 16.7. The molecule has 2 aromatic carbocycles. The number of carbonyl (C=O) groups is 1. The number of ether oxygens (including phenoxy) is 2. The van der Waals surface area contributed by atoms with E-state index in [2.05, 4.69) is 15.3 Å². The minimum Gasteiger partial charge on any atom is -0.508 e. The van der Waals surface area contributed by atoms with Gasteiger partial charge in [-0.3, -0.25) is 4.79 Å². The standard InChI is InChI=1S/C21H23FN4O4/c1-12-16(27)7-6-14(22)20(12)26-21-13-9-17(29-2)18(10-15(13)24-11-25-21)30-8-4-3-5-19(23)28/h6-7,9-11,27H,3-5,8H2,1-2H3,(H2,23,28)(H,24,25,26). The summed E-state index contributed by atoms with van der Waals surface area (Å²) in [5.41, 5.74) is 6.19. The van der Waals surface area contributed by atoms with Crippen LogP contribution in [0.2, 0.25) is 0 Å². The summed E-state index contributed by atoms with van der Waals surface area (Å²) in [6, 6.07) is 5.88. The minimum absolute atomic E-state index is 0.0261. The van der Waals surface area contributed by atoms with Crippen molar-refractivity contribution in [3.63, 3.8) is 0 Å². The van der Waals surface area contributed by atoms with Gasteiger partial charge < -0.3 is 25.6 Å². The van der Waals surface area contributed by atoms with E-state index in [1.165, 1.54) is 25.6 Å². The number of primary amides is 1. The highest BCUT2D eigenvalue weighted by Gasteiger charge is 2.15. The number of aromatic nitrogens is 2. The molecule has 4 N–H and O–H groups in total. The number of hydrogen-bond acceptors (Lipinski definition) is 7. The van der Waals surface area contributed by atoms with Crippen molar-refractivity contribution in [2.24, 2.45) is 5.73 Å². The summed E-state index contributed by atoms with van der Waals surface area (Å²) < 4.78 is 25.5. The van der Waals surface area contributed by atoms with E-state index in [0.717, 1.165) is 0 Å². The highest BCUT2D eigenvalue weighted by molar-refractivity contribution is 5.93. The van der Waals surface area contributed by atoms with Gasteiger partial charge in [0.2, 0.25) is 5.91 Å². The Hall–Kier alpha value is -3.62. The van der Waals surface area contributed by atoms with Crippen molar-refractivity contribution in [1.82, 2.24) is 9.97 Å². The van der Waals surface area contributed by atoms with E-state index in [0.29, 0.717) is 59.7 Å². The number of methoxy groups -OCH3 is 1. The molecule has 30 heavy (non-hydrogen) atoms. The van der Waals surface area contributed by atoms with Crippen molar-refractivity contribution in [3.05, 3.63) is 42.0 Å². The number of benzene rings is 2. The van der Waals surface area contributed by atoms with Crippen molar-refractivity contribution in [1.29, 1.82) is 0 Å². The number of unbranched alkanes of at least 4 members (excludes halogenated alkanes) is 1. The number of carbonyl (C=O) groups excluding carboxylic acids is 1. The summed E-state index contributed by atoms with van der Waals surface area (Å²) in [5.74, 6) is 0.436. The van der Waals surface area contributed by atoms with Gasteiger partial charge in [0, 0.05) is 23.4 Å². The smallest absolute Gasteiger partial charge is 0.217 e. The van der Waals surface area contributed by atoms with Crippen LogP contribution in [0.5, 0.6) is 17.2 Å². The number of rotatable bonds is 9. The predicted octanol–water partition coefficient (Wildman–Crippen LogP) is 3.57. The molecule has 1 amide bonds. The van der Waals surface area contributed by atoms with Gasteiger partial charge in [-0.1, -0.05) is 0 Å². The molecule has 0 unspecified atom stereocenters. The summed E-state index contributed by atoms with van der Waals surface area (Å²) in [5, 5.41) is 13.4. The first-order valence-electron chi connectivity index (χ1n) is 9.39. The first kappa shape index (κ1) is 21.1. The van der Waals surface area contributed by atoms with E-state index < -0.39 is 5.82 Å². The average molecular weight is 414 g/mol. The molecule has 3 aromatic rings. The number of nitrogens with two attached hydrogens (primary N) is 1. The van der Waals surface area contributed by atoms with Crippen molar-refractivity contribution >= 4 is 28.3 Å². The molecule has 9 heteroatoms. The lowest BCUT2D eigenvalue weighted by molar-refractivity contribution is -0.118. The number of hydrogen-bond donors (Lipinski definition) is 3. The van der Waals surface area contributed by atoms with Gasteiger partial charge in [0.25, 0.3) is 0 Å². The van der Waals surface area contributed by atoms with Crippen molar-refractivity contribution in [2.75, 3.05) is 19.0 Å². The van der Waals surface area contributed by atoms with Gasteiger partial charge in [0.1, 0.15) is 23.7 Å². The Morgan fingerprint density at radius 2 is 2.03 bits per heavy atom. The molecule has 3 rings (SSSR count). The number of amides is 1. The largest absolute Gasteiger partial charge is 0.508 e. The molecule has 1 aromatic heterocycles. The molecular weight excluding hydrogens is 391 g/mol. The van der Waals surface area contributed by atoms with Crippen LogP contribution in [0.25, 0.3) is 10.9 Å². The first-order chi connectivity index (χ1) is 14.4. The Morgan fingerprint density at radius 1 is 1.23 bits per heavy atom. The summed E-state index contributed by atoms with van der Waals surface area (Å²) in [6.45, 7) is 1.99. The quantitative estimate of drug-likeness (QED) is 0.458. The van der Waals surface area contributed by atoms with Crippen molar-refractivity contribution in [3.8, 4) is 17.2 Å². The highest BCUT2D eigenvalue weighted by atomic mass is 19.1. The number of nitrogens with one attached hydrogen (secondary N) is 1. The molecule has 158 valence electrons. The summed E-state index contributed by atoms with van der Waals surface area (Å²) in [7, 11) is 1.51. The molecule has 0 aliphatic heterocycles. The Morgan fingerprint density at radius 3 is 2.77 bits per heavy atom. The maximum atomic E-state index is 14.3. The van der Waals surface area contributed by atoms with Crippen LogP contribution in [0.1, 0.15) is 24.8 Å². The number of phenols is 1. The second kappa shape index (κ2) is 9.25. The summed E-state index contributed by atoms with van der Waals surface area (Å²) in [6.07, 6.45) is 2.96. The van der Waals surface area contributed by atoms with Gasteiger partial charge in [0.15, 0.2) is 11.5 Å². The fourth-order valence-corrected chi connectivity index (χ4v) is 2.96. The number of aromatic hydroxyl groups is 1. The fraction of sp³-hybridized carbons (Fsp3) is 0.286.